The molecule has 1 aromatic carbocycles. The second kappa shape index (κ2) is 6.31. The van der Waals surface area contributed by atoms with Crippen molar-refractivity contribution in [3.05, 3.63) is 41.0 Å². The van der Waals surface area contributed by atoms with Crippen molar-refractivity contribution in [2.24, 2.45) is 0 Å². The van der Waals surface area contributed by atoms with Crippen molar-refractivity contribution in [3.63, 3.8) is 0 Å². The lowest BCUT2D eigenvalue weighted by molar-refractivity contribution is 0.286. The van der Waals surface area contributed by atoms with Gasteiger partial charge in [0.1, 0.15) is 18.5 Å². The molecule has 5 nitrogen and oxygen atoms in total. The van der Waals surface area contributed by atoms with Crippen LogP contribution in [0.2, 0.25) is 0 Å². The van der Waals surface area contributed by atoms with Crippen LogP contribution in [-0.4, -0.2) is 9.78 Å². The molecule has 0 saturated carbocycles. The summed E-state index contributed by atoms with van der Waals surface area (Å²) < 4.78 is 7.33. The third kappa shape index (κ3) is 3.16. The molecule has 0 bridgehead atoms. The topological polar surface area (TPSA) is 76.9 Å². The van der Waals surface area contributed by atoms with Crippen molar-refractivity contribution in [3.8, 4) is 11.9 Å². The highest BCUT2D eigenvalue weighted by Crippen LogP contribution is 2.27. The Balaban J connectivity index is 2.20. The van der Waals surface area contributed by atoms with Gasteiger partial charge in [-0.3, -0.25) is 0 Å². The van der Waals surface area contributed by atoms with Crippen LogP contribution in [0.4, 0.5) is 5.82 Å². The van der Waals surface area contributed by atoms with Gasteiger partial charge in [0, 0.05) is 0 Å². The summed E-state index contributed by atoms with van der Waals surface area (Å²) in [5.41, 5.74) is 8.51. The lowest BCUT2D eigenvalue weighted by atomic mass is 10.2. The van der Waals surface area contributed by atoms with Crippen LogP contribution in [0.1, 0.15) is 43.0 Å². The Kier molecular flexibility index (Phi) is 4.49. The molecule has 0 spiro atoms. The number of benzene rings is 1. The first-order valence-electron chi connectivity index (χ1n) is 7.03. The molecule has 2 rings (SSSR count). The van der Waals surface area contributed by atoms with Crippen LogP contribution in [0.25, 0.3) is 0 Å². The molecule has 0 aliphatic rings. The lowest BCUT2D eigenvalue weighted by Crippen LogP contribution is -2.09. The van der Waals surface area contributed by atoms with Gasteiger partial charge in [-0.1, -0.05) is 36.8 Å². The summed E-state index contributed by atoms with van der Waals surface area (Å²) >= 11 is 0. The van der Waals surface area contributed by atoms with Gasteiger partial charge < -0.3 is 10.5 Å². The highest BCUT2D eigenvalue weighted by Gasteiger charge is 2.19. The Morgan fingerprint density at radius 1 is 1.38 bits per heavy atom. The summed E-state index contributed by atoms with van der Waals surface area (Å²) in [6, 6.07) is 10.2. The molecule has 2 N–H and O–H groups in total. The number of rotatable bonds is 5. The molecular formula is C16H20N4O. The van der Waals surface area contributed by atoms with Crippen LogP contribution in [0.5, 0.6) is 5.88 Å². The molecule has 1 atom stereocenters. The summed E-state index contributed by atoms with van der Waals surface area (Å²) in [6.45, 7) is 6.46. The van der Waals surface area contributed by atoms with Crippen molar-refractivity contribution in [2.75, 3.05) is 5.73 Å². The molecule has 0 aliphatic carbocycles. The van der Waals surface area contributed by atoms with Crippen LogP contribution in [-0.2, 0) is 6.61 Å². The maximum atomic E-state index is 9.24. The number of aromatic nitrogens is 2. The fourth-order valence-electron chi connectivity index (χ4n) is 1.98. The van der Waals surface area contributed by atoms with Crippen LogP contribution in [0.3, 0.4) is 0 Å². The Morgan fingerprint density at radius 3 is 2.62 bits per heavy atom. The van der Waals surface area contributed by atoms with E-state index in [2.05, 4.69) is 11.2 Å². The molecule has 110 valence electrons. The minimum absolute atomic E-state index is 0.133. The standard InChI is InChI=1S/C16H20N4O/c1-4-12(3)20-15(18)14(9-17)16(19-20)21-10-13-7-5-11(2)6-8-13/h5-8,12H,4,10,18H2,1-3H3/t12-/m0/s1. The number of hydrogen-bond acceptors (Lipinski definition) is 4. The molecule has 5 heteroatoms. The Labute approximate surface area is 124 Å². The third-order valence-electron chi connectivity index (χ3n) is 3.53. The molecule has 0 radical (unpaired) electrons. The van der Waals surface area contributed by atoms with Gasteiger partial charge in [0.15, 0.2) is 5.56 Å². The largest absolute Gasteiger partial charge is 0.471 e. The predicted octanol–water partition coefficient (Wildman–Crippen LogP) is 3.20. The Hall–Kier alpha value is -2.48. The normalized spacial score (nSPS) is 11.9. The molecule has 0 fully saturated rings. The van der Waals surface area contributed by atoms with Gasteiger partial charge in [-0.05, 0) is 25.8 Å². The molecule has 1 aromatic heterocycles. The molecule has 0 amide bonds. The smallest absolute Gasteiger partial charge is 0.253 e. The molecule has 0 unspecified atom stereocenters. The summed E-state index contributed by atoms with van der Waals surface area (Å²) in [7, 11) is 0. The number of nitrogens with two attached hydrogens (primary N) is 1. The van der Waals surface area contributed by atoms with Crippen molar-refractivity contribution in [1.82, 2.24) is 9.78 Å². The van der Waals surface area contributed by atoms with Crippen LogP contribution in [0, 0.1) is 18.3 Å². The molecule has 0 saturated heterocycles. The number of anilines is 1. The van der Waals surface area contributed by atoms with Crippen molar-refractivity contribution >= 4 is 5.82 Å². The van der Waals surface area contributed by atoms with E-state index in [9.17, 15) is 5.26 Å². The van der Waals surface area contributed by atoms with E-state index in [4.69, 9.17) is 10.5 Å². The SMILES string of the molecule is CC[C@H](C)n1nc(OCc2ccc(C)cc2)c(C#N)c1N. The molecule has 2 aromatic rings. The second-order valence-electron chi connectivity index (χ2n) is 5.15. The second-order valence-corrected chi connectivity index (χ2v) is 5.15. The van der Waals surface area contributed by atoms with E-state index in [1.165, 1.54) is 5.56 Å². The Bertz CT molecular complexity index is 652. The van der Waals surface area contributed by atoms with E-state index >= 15 is 0 Å². The quantitative estimate of drug-likeness (QED) is 0.914. The van der Waals surface area contributed by atoms with Crippen molar-refractivity contribution in [1.29, 1.82) is 5.26 Å². The zero-order chi connectivity index (χ0) is 15.4. The van der Waals surface area contributed by atoms with E-state index in [1.54, 1.807) is 4.68 Å². The van der Waals surface area contributed by atoms with E-state index in [1.807, 2.05) is 45.0 Å². The van der Waals surface area contributed by atoms with E-state index < -0.39 is 0 Å². The first-order chi connectivity index (χ1) is 10.1. The summed E-state index contributed by atoms with van der Waals surface area (Å²) in [6.07, 6.45) is 0.883. The lowest BCUT2D eigenvalue weighted by Gasteiger charge is -2.10. The number of aryl methyl sites for hydroxylation is 1. The van der Waals surface area contributed by atoms with Crippen molar-refractivity contribution in [2.45, 2.75) is 39.8 Å². The van der Waals surface area contributed by atoms with Gasteiger partial charge in [0.05, 0.1) is 6.04 Å². The minimum atomic E-state index is 0.133. The monoisotopic (exact) mass is 284 g/mol. The number of nitriles is 1. The molecular weight excluding hydrogens is 264 g/mol. The fourth-order valence-corrected chi connectivity index (χ4v) is 1.98. The number of ether oxygens (including phenoxy) is 1. The maximum absolute atomic E-state index is 9.24. The summed E-state index contributed by atoms with van der Waals surface area (Å²) in [5.74, 6) is 0.668. The predicted molar refractivity (Wildman–Crippen MR) is 81.9 cm³/mol. The third-order valence-corrected chi connectivity index (χ3v) is 3.53. The first-order valence-corrected chi connectivity index (χ1v) is 7.03. The fraction of sp³-hybridized carbons (Fsp3) is 0.375. The van der Waals surface area contributed by atoms with E-state index in [0.29, 0.717) is 23.9 Å². The molecule has 1 heterocycles. The first kappa shape index (κ1) is 14.9. The number of nitrogen functional groups attached to an aromatic ring is 1. The van der Waals surface area contributed by atoms with Gasteiger partial charge in [0.25, 0.3) is 5.88 Å². The zero-order valence-corrected chi connectivity index (χ0v) is 12.6. The van der Waals surface area contributed by atoms with Gasteiger partial charge >= 0.3 is 0 Å². The number of hydrogen-bond donors (Lipinski definition) is 1. The van der Waals surface area contributed by atoms with Gasteiger partial charge in [-0.2, -0.15) is 5.26 Å². The van der Waals surface area contributed by atoms with Crippen molar-refractivity contribution < 1.29 is 4.74 Å². The summed E-state index contributed by atoms with van der Waals surface area (Å²) in [4.78, 5) is 0. The van der Waals surface area contributed by atoms with E-state index in [0.717, 1.165) is 12.0 Å². The Morgan fingerprint density at radius 2 is 2.05 bits per heavy atom. The van der Waals surface area contributed by atoms with Crippen LogP contribution < -0.4 is 10.5 Å². The van der Waals surface area contributed by atoms with Gasteiger partial charge in [0.2, 0.25) is 0 Å². The summed E-state index contributed by atoms with van der Waals surface area (Å²) in [5, 5.41) is 13.6. The van der Waals surface area contributed by atoms with Gasteiger partial charge in [-0.25, -0.2) is 4.68 Å². The highest BCUT2D eigenvalue weighted by atomic mass is 16.5. The minimum Gasteiger partial charge on any atom is -0.471 e. The average Bonchev–Trinajstić information content (AvgIpc) is 2.82. The zero-order valence-electron chi connectivity index (χ0n) is 12.6. The maximum Gasteiger partial charge on any atom is 0.253 e. The van der Waals surface area contributed by atoms with E-state index in [-0.39, 0.29) is 6.04 Å². The van der Waals surface area contributed by atoms with Gasteiger partial charge in [-0.15, -0.1) is 5.10 Å². The highest BCUT2D eigenvalue weighted by molar-refractivity contribution is 5.55. The molecule has 0 aliphatic heterocycles. The number of nitrogens with zero attached hydrogens (tertiary/aromatic N) is 3. The molecule has 21 heavy (non-hydrogen) atoms. The average molecular weight is 284 g/mol. The van der Waals surface area contributed by atoms with Crippen LogP contribution >= 0.6 is 0 Å². The van der Waals surface area contributed by atoms with Crippen LogP contribution in [0.15, 0.2) is 24.3 Å².